The lowest BCUT2D eigenvalue weighted by Crippen LogP contribution is -2.43. The molecule has 0 aromatic heterocycles. The quantitative estimate of drug-likeness (QED) is 0.895. The molecule has 21 heavy (non-hydrogen) atoms. The van der Waals surface area contributed by atoms with E-state index in [-0.39, 0.29) is 18.5 Å². The molecule has 0 saturated carbocycles. The highest BCUT2D eigenvalue weighted by Crippen LogP contribution is 2.29. The fourth-order valence-corrected chi connectivity index (χ4v) is 2.09. The molecule has 7 heteroatoms. The summed E-state index contributed by atoms with van der Waals surface area (Å²) in [6, 6.07) is 4.65. The Labute approximate surface area is 120 Å². The fraction of sp³-hybridized carbons (Fsp3) is 0.500. The Balaban J connectivity index is 1.84. The van der Waals surface area contributed by atoms with Crippen LogP contribution in [0.2, 0.25) is 0 Å². The Morgan fingerprint density at radius 2 is 1.95 bits per heavy atom. The van der Waals surface area contributed by atoms with Gasteiger partial charge in [0.05, 0.1) is 12.2 Å². The van der Waals surface area contributed by atoms with Gasteiger partial charge in [0.2, 0.25) is 5.91 Å². The summed E-state index contributed by atoms with van der Waals surface area (Å²) in [6.45, 7) is 0.515. The van der Waals surface area contributed by atoms with Crippen LogP contribution in [0.4, 0.5) is 13.2 Å². The monoisotopic (exact) mass is 302 g/mol. The first-order valence-corrected chi connectivity index (χ1v) is 6.67. The van der Waals surface area contributed by atoms with Crippen LogP contribution in [-0.4, -0.2) is 24.7 Å². The van der Waals surface area contributed by atoms with Crippen molar-refractivity contribution in [2.45, 2.75) is 37.7 Å². The minimum absolute atomic E-state index is 0.0380. The maximum atomic E-state index is 12.4. The van der Waals surface area contributed by atoms with E-state index in [1.165, 1.54) is 12.1 Å². The predicted octanol–water partition coefficient (Wildman–Crippen LogP) is 1.83. The number of nitrogens with one attached hydrogen (secondary N) is 1. The standard InChI is InChI=1S/C14H17F3N2O2/c15-14(16,17)10-3-1-9(2-4-10)7-19-13(20)12-6-5-11(18)8-21-12/h1-4,11-12H,5-8,18H2,(H,19,20)/t11-,12+/m1/s1. The van der Waals surface area contributed by atoms with Crippen molar-refractivity contribution in [2.75, 3.05) is 6.61 Å². The van der Waals surface area contributed by atoms with Crippen LogP contribution >= 0.6 is 0 Å². The second kappa shape index (κ2) is 6.44. The van der Waals surface area contributed by atoms with Crippen molar-refractivity contribution in [3.8, 4) is 0 Å². The van der Waals surface area contributed by atoms with E-state index < -0.39 is 17.8 Å². The number of hydrogen-bond acceptors (Lipinski definition) is 3. The summed E-state index contributed by atoms with van der Waals surface area (Å²) in [5.74, 6) is -0.262. The van der Waals surface area contributed by atoms with Gasteiger partial charge in [-0.15, -0.1) is 0 Å². The number of halogens is 3. The van der Waals surface area contributed by atoms with Crippen LogP contribution in [0.3, 0.4) is 0 Å². The van der Waals surface area contributed by atoms with E-state index in [0.717, 1.165) is 18.6 Å². The maximum absolute atomic E-state index is 12.4. The van der Waals surface area contributed by atoms with Gasteiger partial charge in [-0.3, -0.25) is 4.79 Å². The molecule has 1 amide bonds. The van der Waals surface area contributed by atoms with Crippen molar-refractivity contribution >= 4 is 5.91 Å². The highest BCUT2D eigenvalue weighted by molar-refractivity contribution is 5.80. The number of rotatable bonds is 3. The first-order chi connectivity index (χ1) is 9.86. The lowest BCUT2D eigenvalue weighted by molar-refractivity contribution is -0.138. The molecule has 0 spiro atoms. The number of ether oxygens (including phenoxy) is 1. The Morgan fingerprint density at radius 1 is 1.29 bits per heavy atom. The van der Waals surface area contributed by atoms with Crippen LogP contribution in [0.15, 0.2) is 24.3 Å². The van der Waals surface area contributed by atoms with E-state index in [1.54, 1.807) is 0 Å². The first-order valence-electron chi connectivity index (χ1n) is 6.67. The van der Waals surface area contributed by atoms with Gasteiger partial charge in [0.25, 0.3) is 0 Å². The normalized spacial score (nSPS) is 22.9. The highest BCUT2D eigenvalue weighted by Gasteiger charge is 2.30. The Kier molecular flexibility index (Phi) is 4.84. The van der Waals surface area contributed by atoms with Crippen molar-refractivity contribution in [3.05, 3.63) is 35.4 Å². The summed E-state index contributed by atoms with van der Waals surface area (Å²) in [5.41, 5.74) is 5.56. The third-order valence-corrected chi connectivity index (χ3v) is 3.35. The molecule has 3 N–H and O–H groups in total. The molecule has 116 valence electrons. The number of amides is 1. The largest absolute Gasteiger partial charge is 0.416 e. The zero-order valence-electron chi connectivity index (χ0n) is 11.3. The topological polar surface area (TPSA) is 64.4 Å². The molecule has 1 saturated heterocycles. The Hall–Kier alpha value is -1.60. The second-order valence-electron chi connectivity index (χ2n) is 5.07. The van der Waals surface area contributed by atoms with E-state index in [1.807, 2.05) is 0 Å². The number of nitrogens with two attached hydrogens (primary N) is 1. The molecule has 1 aliphatic heterocycles. The van der Waals surface area contributed by atoms with Gasteiger partial charge >= 0.3 is 6.18 Å². The van der Waals surface area contributed by atoms with Gasteiger partial charge in [-0.05, 0) is 30.5 Å². The van der Waals surface area contributed by atoms with Crippen LogP contribution in [0, 0.1) is 0 Å². The van der Waals surface area contributed by atoms with E-state index in [0.29, 0.717) is 18.6 Å². The van der Waals surface area contributed by atoms with E-state index in [9.17, 15) is 18.0 Å². The molecule has 0 radical (unpaired) electrons. The molecular weight excluding hydrogens is 285 g/mol. The molecule has 0 unspecified atom stereocenters. The molecule has 2 rings (SSSR count). The van der Waals surface area contributed by atoms with E-state index in [4.69, 9.17) is 10.5 Å². The molecule has 0 aliphatic carbocycles. The summed E-state index contributed by atoms with van der Waals surface area (Å²) in [7, 11) is 0. The maximum Gasteiger partial charge on any atom is 0.416 e. The van der Waals surface area contributed by atoms with Gasteiger partial charge < -0.3 is 15.8 Å². The second-order valence-corrected chi connectivity index (χ2v) is 5.07. The number of alkyl halides is 3. The minimum atomic E-state index is -4.35. The summed E-state index contributed by atoms with van der Waals surface area (Å²) in [5, 5.41) is 2.66. The van der Waals surface area contributed by atoms with Gasteiger partial charge in [-0.1, -0.05) is 12.1 Å². The molecule has 1 heterocycles. The Morgan fingerprint density at radius 3 is 2.48 bits per heavy atom. The lowest BCUT2D eigenvalue weighted by Gasteiger charge is -2.25. The lowest BCUT2D eigenvalue weighted by atomic mass is 10.1. The highest BCUT2D eigenvalue weighted by atomic mass is 19.4. The summed E-state index contributed by atoms with van der Waals surface area (Å²) in [4.78, 5) is 11.8. The van der Waals surface area contributed by atoms with Crippen LogP contribution in [0.25, 0.3) is 0 Å². The molecule has 1 aromatic rings. The van der Waals surface area contributed by atoms with Gasteiger partial charge in [-0.25, -0.2) is 0 Å². The van der Waals surface area contributed by atoms with Crippen molar-refractivity contribution in [3.63, 3.8) is 0 Å². The van der Waals surface area contributed by atoms with Gasteiger partial charge in [0.15, 0.2) is 0 Å². The van der Waals surface area contributed by atoms with Gasteiger partial charge in [0, 0.05) is 12.6 Å². The molecule has 1 aromatic carbocycles. The Bertz CT molecular complexity index is 480. The third kappa shape index (κ3) is 4.44. The summed E-state index contributed by atoms with van der Waals surface area (Å²) >= 11 is 0. The molecule has 4 nitrogen and oxygen atoms in total. The van der Waals surface area contributed by atoms with Crippen molar-refractivity contribution in [1.82, 2.24) is 5.32 Å². The zero-order valence-corrected chi connectivity index (χ0v) is 11.3. The first kappa shape index (κ1) is 15.8. The minimum Gasteiger partial charge on any atom is -0.367 e. The third-order valence-electron chi connectivity index (χ3n) is 3.35. The van der Waals surface area contributed by atoms with Crippen LogP contribution in [-0.2, 0) is 22.3 Å². The van der Waals surface area contributed by atoms with Crippen molar-refractivity contribution < 1.29 is 22.7 Å². The average Bonchev–Trinajstić information content (AvgIpc) is 2.45. The van der Waals surface area contributed by atoms with Crippen LogP contribution in [0.1, 0.15) is 24.0 Å². The molecular formula is C14H17F3N2O2. The van der Waals surface area contributed by atoms with E-state index >= 15 is 0 Å². The predicted molar refractivity (Wildman–Crippen MR) is 70.2 cm³/mol. The van der Waals surface area contributed by atoms with Crippen molar-refractivity contribution in [2.24, 2.45) is 5.73 Å². The van der Waals surface area contributed by atoms with Gasteiger partial charge in [-0.2, -0.15) is 13.2 Å². The SMILES string of the molecule is N[C@@H]1CC[C@@H](C(=O)NCc2ccc(C(F)(F)F)cc2)OC1. The van der Waals surface area contributed by atoms with Crippen LogP contribution in [0.5, 0.6) is 0 Å². The van der Waals surface area contributed by atoms with Crippen LogP contribution < -0.4 is 11.1 Å². The number of carbonyl (C=O) groups excluding carboxylic acids is 1. The molecule has 2 atom stereocenters. The molecule has 1 fully saturated rings. The average molecular weight is 302 g/mol. The number of hydrogen-bond donors (Lipinski definition) is 2. The smallest absolute Gasteiger partial charge is 0.367 e. The number of carbonyl (C=O) groups is 1. The van der Waals surface area contributed by atoms with Gasteiger partial charge in [0.1, 0.15) is 6.10 Å². The summed E-state index contributed by atoms with van der Waals surface area (Å²) < 4.78 is 42.6. The zero-order chi connectivity index (χ0) is 15.5. The number of benzene rings is 1. The van der Waals surface area contributed by atoms with E-state index in [2.05, 4.69) is 5.32 Å². The van der Waals surface area contributed by atoms with Crippen molar-refractivity contribution in [1.29, 1.82) is 0 Å². The fourth-order valence-electron chi connectivity index (χ4n) is 2.09. The summed E-state index contributed by atoms with van der Waals surface area (Å²) in [6.07, 6.45) is -3.60. The molecule has 0 bridgehead atoms. The molecule has 1 aliphatic rings.